The smallest absolute Gasteiger partial charge is 0.136 e. The summed E-state index contributed by atoms with van der Waals surface area (Å²) in [6, 6.07) is 9.34. The lowest BCUT2D eigenvalue weighted by atomic mass is 9.93. The molecule has 1 aliphatic heterocycles. The largest absolute Gasteiger partial charge is 0.303 e. The molecule has 0 saturated heterocycles. The van der Waals surface area contributed by atoms with Crippen molar-refractivity contribution in [3.8, 4) is 0 Å². The molecule has 4 rings (SSSR count). The number of hydrogen-bond acceptors (Lipinski definition) is 2. The van der Waals surface area contributed by atoms with E-state index < -0.39 is 0 Å². The van der Waals surface area contributed by atoms with Crippen LogP contribution in [0.2, 0.25) is 0 Å². The highest BCUT2D eigenvalue weighted by Gasteiger charge is 2.17. The number of allylic oxidation sites excluding steroid dienone is 1. The topological polar surface area (TPSA) is 29.7 Å². The summed E-state index contributed by atoms with van der Waals surface area (Å²) < 4.78 is 15.8. The second kappa shape index (κ2) is 6.28. The average molecular weight is 333 g/mol. The standard InChI is InChI=1S/C21H20FN3/c1-3-17-12-24-20-9-7-16(13-25(17)20)18-5-4-10-23-21(18)15-6-8-19(22)14(2)11-15/h5-9,11-13H,3-4,10H2,1-2H3. The Bertz CT molecular complexity index is 1010. The molecule has 0 atom stereocenters. The lowest BCUT2D eigenvalue weighted by Crippen LogP contribution is -2.11. The quantitative estimate of drug-likeness (QED) is 0.688. The highest BCUT2D eigenvalue weighted by Crippen LogP contribution is 2.26. The number of aryl methyl sites for hydroxylation is 2. The first-order valence-electron chi connectivity index (χ1n) is 8.65. The Morgan fingerprint density at radius 2 is 2.00 bits per heavy atom. The highest BCUT2D eigenvalue weighted by atomic mass is 19.1. The number of hydrogen-bond donors (Lipinski definition) is 0. The van der Waals surface area contributed by atoms with Gasteiger partial charge in [0.25, 0.3) is 0 Å². The van der Waals surface area contributed by atoms with Crippen molar-refractivity contribution in [2.75, 3.05) is 6.54 Å². The minimum Gasteiger partial charge on any atom is -0.303 e. The number of aliphatic imine (C=N–C) groups is 1. The first-order valence-corrected chi connectivity index (χ1v) is 8.65. The minimum atomic E-state index is -0.182. The molecule has 4 heteroatoms. The number of benzene rings is 1. The fourth-order valence-electron chi connectivity index (χ4n) is 3.31. The number of pyridine rings is 1. The molecule has 2 aromatic heterocycles. The first-order chi connectivity index (χ1) is 12.2. The number of imidazole rings is 1. The van der Waals surface area contributed by atoms with E-state index in [0.717, 1.165) is 47.4 Å². The van der Waals surface area contributed by atoms with Gasteiger partial charge >= 0.3 is 0 Å². The first kappa shape index (κ1) is 15.8. The molecule has 0 unspecified atom stereocenters. The molecule has 1 aliphatic rings. The predicted molar refractivity (Wildman–Crippen MR) is 99.7 cm³/mol. The second-order valence-corrected chi connectivity index (χ2v) is 6.35. The van der Waals surface area contributed by atoms with Crippen LogP contribution in [0.3, 0.4) is 0 Å². The highest BCUT2D eigenvalue weighted by molar-refractivity contribution is 6.32. The van der Waals surface area contributed by atoms with Crippen LogP contribution >= 0.6 is 0 Å². The molecule has 3 nitrogen and oxygen atoms in total. The van der Waals surface area contributed by atoms with Crippen LogP contribution in [-0.2, 0) is 6.42 Å². The van der Waals surface area contributed by atoms with Crippen LogP contribution in [0.4, 0.5) is 4.39 Å². The van der Waals surface area contributed by atoms with Crippen LogP contribution in [0.25, 0.3) is 11.2 Å². The number of dihydropyridines is 1. The Labute approximate surface area is 146 Å². The summed E-state index contributed by atoms with van der Waals surface area (Å²) in [6.45, 7) is 4.68. The van der Waals surface area contributed by atoms with Crippen molar-refractivity contribution in [2.45, 2.75) is 26.7 Å². The molecule has 0 saturated carbocycles. The van der Waals surface area contributed by atoms with Crippen LogP contribution in [0, 0.1) is 12.7 Å². The molecular weight excluding hydrogens is 313 g/mol. The summed E-state index contributed by atoms with van der Waals surface area (Å²) in [5.74, 6) is -0.182. The van der Waals surface area contributed by atoms with Gasteiger partial charge in [0.2, 0.25) is 0 Å². The van der Waals surface area contributed by atoms with E-state index in [1.54, 1.807) is 6.92 Å². The molecule has 0 bridgehead atoms. The zero-order valence-electron chi connectivity index (χ0n) is 14.5. The number of aromatic nitrogens is 2. The van der Waals surface area contributed by atoms with E-state index in [0.29, 0.717) is 5.56 Å². The van der Waals surface area contributed by atoms with Gasteiger partial charge in [-0.25, -0.2) is 9.37 Å². The third-order valence-corrected chi connectivity index (χ3v) is 4.69. The fraction of sp³-hybridized carbons (Fsp3) is 0.238. The Morgan fingerprint density at radius 3 is 2.80 bits per heavy atom. The molecule has 25 heavy (non-hydrogen) atoms. The lowest BCUT2D eigenvalue weighted by molar-refractivity contribution is 0.618. The molecule has 0 N–H and O–H groups in total. The van der Waals surface area contributed by atoms with Crippen LogP contribution in [-0.4, -0.2) is 21.6 Å². The van der Waals surface area contributed by atoms with Gasteiger partial charge in [0.15, 0.2) is 0 Å². The molecule has 0 spiro atoms. The third kappa shape index (κ3) is 2.78. The normalized spacial score (nSPS) is 14.5. The van der Waals surface area contributed by atoms with Gasteiger partial charge in [-0.3, -0.25) is 4.99 Å². The van der Waals surface area contributed by atoms with Gasteiger partial charge in [-0.15, -0.1) is 0 Å². The Balaban J connectivity index is 1.81. The van der Waals surface area contributed by atoms with E-state index in [2.05, 4.69) is 34.6 Å². The Morgan fingerprint density at radius 1 is 1.16 bits per heavy atom. The van der Waals surface area contributed by atoms with E-state index >= 15 is 0 Å². The SMILES string of the molecule is CCc1cnc2ccc(C3=CCCN=C3c3ccc(F)c(C)c3)cn12. The van der Waals surface area contributed by atoms with Crippen molar-refractivity contribution < 1.29 is 4.39 Å². The summed E-state index contributed by atoms with van der Waals surface area (Å²) in [7, 11) is 0. The van der Waals surface area contributed by atoms with E-state index in [-0.39, 0.29) is 5.82 Å². The van der Waals surface area contributed by atoms with Gasteiger partial charge < -0.3 is 4.40 Å². The zero-order valence-corrected chi connectivity index (χ0v) is 14.5. The van der Waals surface area contributed by atoms with Crippen molar-refractivity contribution in [1.82, 2.24) is 9.38 Å². The monoisotopic (exact) mass is 333 g/mol. The van der Waals surface area contributed by atoms with Gasteiger partial charge in [0, 0.05) is 41.3 Å². The number of fused-ring (bicyclic) bond motifs is 1. The lowest BCUT2D eigenvalue weighted by Gasteiger charge is -2.17. The molecule has 0 aliphatic carbocycles. The van der Waals surface area contributed by atoms with Gasteiger partial charge in [-0.2, -0.15) is 0 Å². The van der Waals surface area contributed by atoms with Crippen LogP contribution in [0.5, 0.6) is 0 Å². The molecule has 0 radical (unpaired) electrons. The summed E-state index contributed by atoms with van der Waals surface area (Å²) in [5.41, 5.74) is 6.90. The van der Waals surface area contributed by atoms with E-state index in [9.17, 15) is 4.39 Å². The summed E-state index contributed by atoms with van der Waals surface area (Å²) in [6.07, 6.45) is 8.13. The second-order valence-electron chi connectivity index (χ2n) is 6.35. The van der Waals surface area contributed by atoms with E-state index in [1.165, 1.54) is 11.8 Å². The van der Waals surface area contributed by atoms with Gasteiger partial charge in [-0.1, -0.05) is 13.0 Å². The van der Waals surface area contributed by atoms with Crippen LogP contribution in [0.1, 0.15) is 35.7 Å². The molecule has 1 aromatic carbocycles. The maximum Gasteiger partial charge on any atom is 0.136 e. The maximum absolute atomic E-state index is 13.6. The van der Waals surface area contributed by atoms with Crippen molar-refractivity contribution >= 4 is 16.9 Å². The van der Waals surface area contributed by atoms with Gasteiger partial charge in [0.1, 0.15) is 11.5 Å². The summed E-state index contributed by atoms with van der Waals surface area (Å²) >= 11 is 0. The molecule has 3 aromatic rings. The molecule has 126 valence electrons. The fourth-order valence-corrected chi connectivity index (χ4v) is 3.31. The summed E-state index contributed by atoms with van der Waals surface area (Å²) in [5, 5.41) is 0. The molecule has 0 amide bonds. The van der Waals surface area contributed by atoms with E-state index in [1.807, 2.05) is 24.4 Å². The molecule has 0 fully saturated rings. The molecular formula is C21H20FN3. The van der Waals surface area contributed by atoms with Crippen LogP contribution in [0.15, 0.2) is 53.8 Å². The van der Waals surface area contributed by atoms with E-state index in [4.69, 9.17) is 4.99 Å². The Hall–Kier alpha value is -2.75. The summed E-state index contributed by atoms with van der Waals surface area (Å²) in [4.78, 5) is 9.19. The average Bonchev–Trinajstić information content (AvgIpc) is 3.06. The Kier molecular flexibility index (Phi) is 3.96. The van der Waals surface area contributed by atoms with Crippen molar-refractivity contribution in [2.24, 2.45) is 4.99 Å². The maximum atomic E-state index is 13.6. The van der Waals surface area contributed by atoms with Crippen molar-refractivity contribution in [1.29, 1.82) is 0 Å². The van der Waals surface area contributed by atoms with Crippen molar-refractivity contribution in [3.05, 3.63) is 77.0 Å². The number of halogens is 1. The molecule has 3 heterocycles. The third-order valence-electron chi connectivity index (χ3n) is 4.69. The van der Waals surface area contributed by atoms with Crippen molar-refractivity contribution in [3.63, 3.8) is 0 Å². The number of nitrogens with zero attached hydrogens (tertiary/aromatic N) is 3. The minimum absolute atomic E-state index is 0.182. The van der Waals surface area contributed by atoms with Gasteiger partial charge in [0.05, 0.1) is 5.71 Å². The zero-order chi connectivity index (χ0) is 17.4. The van der Waals surface area contributed by atoms with Crippen LogP contribution < -0.4 is 0 Å². The number of rotatable bonds is 3. The predicted octanol–water partition coefficient (Wildman–Crippen LogP) is 4.62. The van der Waals surface area contributed by atoms with Gasteiger partial charge in [-0.05, 0) is 55.7 Å².